The summed E-state index contributed by atoms with van der Waals surface area (Å²) in [6.45, 7) is 6.66. The third kappa shape index (κ3) is 3.65. The summed E-state index contributed by atoms with van der Waals surface area (Å²) >= 11 is 0. The topological polar surface area (TPSA) is 102 Å². The summed E-state index contributed by atoms with van der Waals surface area (Å²) in [4.78, 5) is 25.5. The van der Waals surface area contributed by atoms with Gasteiger partial charge in [-0.15, -0.1) is 0 Å². The van der Waals surface area contributed by atoms with Crippen molar-refractivity contribution in [1.29, 1.82) is 0 Å². The molecule has 3 heterocycles. The van der Waals surface area contributed by atoms with Crippen LogP contribution in [0, 0.1) is 19.3 Å². The van der Waals surface area contributed by atoms with E-state index in [-0.39, 0.29) is 31.5 Å². The summed E-state index contributed by atoms with van der Waals surface area (Å²) in [6, 6.07) is 0.363. The summed E-state index contributed by atoms with van der Waals surface area (Å²) in [7, 11) is 0. The number of alkyl halides is 3. The van der Waals surface area contributed by atoms with Crippen LogP contribution >= 0.6 is 0 Å². The van der Waals surface area contributed by atoms with Crippen molar-refractivity contribution in [1.82, 2.24) is 19.9 Å². The van der Waals surface area contributed by atoms with Crippen LogP contribution in [-0.4, -0.2) is 63.7 Å². The lowest BCUT2D eigenvalue weighted by Gasteiger charge is -2.70. The lowest BCUT2D eigenvalue weighted by atomic mass is 9.34. The molecule has 0 radical (unpaired) electrons. The fourth-order valence-electron chi connectivity index (χ4n) is 5.90. The van der Waals surface area contributed by atoms with Gasteiger partial charge in [-0.3, -0.25) is 4.99 Å². The van der Waals surface area contributed by atoms with E-state index in [0.717, 1.165) is 29.8 Å². The molecule has 2 bridgehead atoms. The fraction of sp³-hybridized carbons (Fsp3) is 0.640. The van der Waals surface area contributed by atoms with Crippen molar-refractivity contribution in [3.05, 3.63) is 28.9 Å². The van der Waals surface area contributed by atoms with Crippen LogP contribution in [0.3, 0.4) is 0 Å². The van der Waals surface area contributed by atoms with E-state index in [1.165, 1.54) is 6.20 Å². The summed E-state index contributed by atoms with van der Waals surface area (Å²) < 4.78 is 47.0. The highest BCUT2D eigenvalue weighted by molar-refractivity contribution is 5.80. The number of aromatic nitrogens is 4. The van der Waals surface area contributed by atoms with E-state index in [1.54, 1.807) is 6.21 Å². The second-order valence-electron chi connectivity index (χ2n) is 11.0. The van der Waals surface area contributed by atoms with Crippen molar-refractivity contribution in [3.63, 3.8) is 0 Å². The number of aryl methyl sites for hydroxylation is 2. The van der Waals surface area contributed by atoms with Crippen LogP contribution in [0.2, 0.25) is 0 Å². The van der Waals surface area contributed by atoms with Gasteiger partial charge in [0.1, 0.15) is 11.6 Å². The predicted octanol–water partition coefficient (Wildman–Crippen LogP) is 3.69. The van der Waals surface area contributed by atoms with Gasteiger partial charge in [0.25, 0.3) is 0 Å². The summed E-state index contributed by atoms with van der Waals surface area (Å²) in [5.41, 5.74) is 7.47. The van der Waals surface area contributed by atoms with Gasteiger partial charge in [0.05, 0.1) is 41.2 Å². The highest BCUT2D eigenvalue weighted by Crippen LogP contribution is 2.78. The number of nitrogens with zero attached hydrogens (tertiary/aromatic N) is 6. The molecule has 4 aliphatic carbocycles. The number of halogens is 3. The molecule has 11 heteroatoms. The van der Waals surface area contributed by atoms with Gasteiger partial charge in [-0.05, 0) is 52.9 Å². The molecule has 2 atom stereocenters. The van der Waals surface area contributed by atoms with E-state index in [9.17, 15) is 13.2 Å². The van der Waals surface area contributed by atoms with Crippen LogP contribution in [0.5, 0.6) is 0 Å². The Morgan fingerprint density at radius 3 is 2.42 bits per heavy atom. The van der Waals surface area contributed by atoms with E-state index in [1.807, 2.05) is 25.7 Å². The number of nitrogens with two attached hydrogens (primary N) is 1. The minimum atomic E-state index is -4.20. The fourth-order valence-corrected chi connectivity index (χ4v) is 5.90. The monoisotopic (exact) mass is 501 g/mol. The number of rotatable bonds is 5. The molecule has 7 rings (SSSR count). The van der Waals surface area contributed by atoms with Gasteiger partial charge in [0.15, 0.2) is 5.65 Å². The molecule has 1 saturated heterocycles. The Morgan fingerprint density at radius 1 is 1.08 bits per heavy atom. The Bertz CT molecular complexity index is 1270. The Morgan fingerprint density at radius 2 is 1.78 bits per heavy atom. The number of ether oxygens (including phenoxy) is 1. The molecule has 0 aromatic carbocycles. The highest BCUT2D eigenvalue weighted by Gasteiger charge is 2.79. The van der Waals surface area contributed by atoms with Crippen LogP contribution in [0.15, 0.2) is 16.8 Å². The summed E-state index contributed by atoms with van der Waals surface area (Å²) in [6.07, 6.45) is 0.982. The molecule has 5 fully saturated rings. The molecule has 5 aliphatic rings. The van der Waals surface area contributed by atoms with Crippen LogP contribution in [0.25, 0.3) is 11.2 Å². The number of anilines is 1. The zero-order chi connectivity index (χ0) is 25.5. The van der Waals surface area contributed by atoms with Gasteiger partial charge in [-0.25, -0.2) is 15.0 Å². The first-order valence-electron chi connectivity index (χ1n) is 12.5. The zero-order valence-electron chi connectivity index (χ0n) is 20.6. The van der Waals surface area contributed by atoms with Crippen molar-refractivity contribution in [2.75, 3.05) is 18.0 Å². The van der Waals surface area contributed by atoms with Gasteiger partial charge >= 0.3 is 6.18 Å². The van der Waals surface area contributed by atoms with Gasteiger partial charge in [0.2, 0.25) is 5.95 Å². The Hall–Kier alpha value is -2.82. The van der Waals surface area contributed by atoms with Gasteiger partial charge in [-0.1, -0.05) is 0 Å². The first-order chi connectivity index (χ1) is 17.0. The third-order valence-corrected chi connectivity index (χ3v) is 8.15. The van der Waals surface area contributed by atoms with Crippen LogP contribution < -0.4 is 10.6 Å². The summed E-state index contributed by atoms with van der Waals surface area (Å²) in [5, 5.41) is 0. The lowest BCUT2D eigenvalue weighted by molar-refractivity contribution is -0.337. The Balaban J connectivity index is 1.36. The van der Waals surface area contributed by atoms with Crippen molar-refractivity contribution < 1.29 is 17.9 Å². The van der Waals surface area contributed by atoms with Gasteiger partial charge < -0.3 is 15.4 Å². The minimum Gasteiger partial charge on any atom is -0.404 e. The standard InChI is InChI=1S/C25H30F3N7O/c1-13-8-35(9-18(36-13)16(6-29)7-30-17-4-5-17)22-33-20(19-21(34-22)32-15(3)14(2)31-19)23-10-24(11-23,12-23)25(26,27)28/h6-7,13,17-18H,4-5,8-12,29H2,1-3H3/b16-6+,30-7?/t13-,18-,23?,24?/m1/s1. The highest BCUT2D eigenvalue weighted by atomic mass is 19.4. The van der Waals surface area contributed by atoms with Gasteiger partial charge in [0, 0.05) is 29.9 Å². The number of morpholine rings is 1. The second-order valence-corrected chi connectivity index (χ2v) is 11.0. The average molecular weight is 502 g/mol. The van der Waals surface area contributed by atoms with Crippen molar-refractivity contribution in [2.24, 2.45) is 16.1 Å². The third-order valence-electron chi connectivity index (χ3n) is 8.15. The first kappa shape index (κ1) is 23.6. The van der Waals surface area contributed by atoms with Crippen molar-refractivity contribution in [3.8, 4) is 0 Å². The molecule has 36 heavy (non-hydrogen) atoms. The zero-order valence-corrected chi connectivity index (χ0v) is 20.6. The largest absolute Gasteiger partial charge is 0.404 e. The number of hydrogen-bond donors (Lipinski definition) is 1. The lowest BCUT2D eigenvalue weighted by Crippen LogP contribution is -2.70. The maximum atomic E-state index is 13.6. The smallest absolute Gasteiger partial charge is 0.394 e. The Kier molecular flexibility index (Phi) is 5.13. The molecule has 0 unspecified atom stereocenters. The molecule has 4 saturated carbocycles. The van der Waals surface area contributed by atoms with E-state index < -0.39 is 17.0 Å². The number of hydrogen-bond acceptors (Lipinski definition) is 8. The Labute approximate surface area is 207 Å². The minimum absolute atomic E-state index is 0.0451. The van der Waals surface area contributed by atoms with Crippen LogP contribution in [0.1, 0.15) is 56.1 Å². The van der Waals surface area contributed by atoms with Crippen molar-refractivity contribution >= 4 is 23.3 Å². The molecular weight excluding hydrogens is 471 g/mol. The molecule has 1 aliphatic heterocycles. The molecule has 192 valence electrons. The normalized spacial score (nSPS) is 32.6. The molecule has 8 nitrogen and oxygen atoms in total. The molecule has 0 spiro atoms. The van der Waals surface area contributed by atoms with Gasteiger partial charge in [-0.2, -0.15) is 18.2 Å². The van der Waals surface area contributed by atoms with Crippen LogP contribution in [0.4, 0.5) is 19.1 Å². The van der Waals surface area contributed by atoms with Crippen LogP contribution in [-0.2, 0) is 10.2 Å². The molecule has 2 N–H and O–H groups in total. The average Bonchev–Trinajstić information content (AvgIpc) is 3.56. The maximum absolute atomic E-state index is 13.6. The maximum Gasteiger partial charge on any atom is 0.394 e. The van der Waals surface area contributed by atoms with E-state index in [0.29, 0.717) is 41.9 Å². The predicted molar refractivity (Wildman–Crippen MR) is 129 cm³/mol. The number of aliphatic imine (C=N–C) groups is 1. The van der Waals surface area contributed by atoms with Crippen molar-refractivity contribution in [2.45, 2.75) is 82.7 Å². The van der Waals surface area contributed by atoms with E-state index in [2.05, 4.69) is 15.0 Å². The number of fused-ring (bicyclic) bond motifs is 1. The second kappa shape index (κ2) is 7.84. The SMILES string of the molecule is Cc1nc2nc(N3C[C@@H](C)O[C@@H](/C(C=NC4CC4)=C/N)C3)nc(C34CC(C(F)(F)F)(C3)C4)c2nc1C. The molecule has 0 amide bonds. The molecule has 2 aromatic heterocycles. The van der Waals surface area contributed by atoms with E-state index in [4.69, 9.17) is 20.4 Å². The molecule has 2 aromatic rings. The van der Waals surface area contributed by atoms with E-state index >= 15 is 0 Å². The quantitative estimate of drug-likeness (QED) is 0.624. The summed E-state index contributed by atoms with van der Waals surface area (Å²) in [5.74, 6) is 0.441. The molecular formula is C25H30F3N7O. The first-order valence-corrected chi connectivity index (χ1v) is 12.5.